The third kappa shape index (κ3) is 4.33. The first-order valence-electron chi connectivity index (χ1n) is 14.8. The molecule has 44 heavy (non-hydrogen) atoms. The van der Waals surface area contributed by atoms with Gasteiger partial charge >= 0.3 is 11.9 Å². The normalized spacial score (nSPS) is 17.4. The molecule has 9 nitrogen and oxygen atoms in total. The maximum atomic E-state index is 13.2. The second-order valence-electron chi connectivity index (χ2n) is 11.6. The molecule has 6 rings (SSSR count). The minimum absolute atomic E-state index is 0.119. The van der Waals surface area contributed by atoms with Crippen molar-refractivity contribution < 1.29 is 24.5 Å². The zero-order valence-corrected chi connectivity index (χ0v) is 25.8. The van der Waals surface area contributed by atoms with Crippen molar-refractivity contribution in [2.24, 2.45) is 0 Å². The van der Waals surface area contributed by atoms with Crippen molar-refractivity contribution in [2.45, 2.75) is 65.9 Å². The summed E-state index contributed by atoms with van der Waals surface area (Å²) in [6.07, 6.45) is 1.52. The zero-order chi connectivity index (χ0) is 31.6. The molecule has 0 spiro atoms. The van der Waals surface area contributed by atoms with Gasteiger partial charge < -0.3 is 24.9 Å². The van der Waals surface area contributed by atoms with Gasteiger partial charge in [-0.15, -0.1) is 0 Å². The van der Waals surface area contributed by atoms with E-state index in [1.165, 1.54) is 7.11 Å². The number of carbonyl (C=O) groups excluding carboxylic acids is 1. The molecule has 0 aromatic carbocycles. The number of nitrogens with zero attached hydrogens (tertiary/aromatic N) is 2. The quantitative estimate of drug-likeness (QED) is 0.240. The molecule has 0 radical (unpaired) electrons. The molecule has 5 heterocycles. The van der Waals surface area contributed by atoms with Gasteiger partial charge in [-0.25, -0.2) is 9.97 Å². The third-order valence-corrected chi connectivity index (χ3v) is 9.33. The highest BCUT2D eigenvalue weighted by molar-refractivity contribution is 6.04. The van der Waals surface area contributed by atoms with E-state index in [9.17, 15) is 19.8 Å². The largest absolute Gasteiger partial charge is 0.481 e. The van der Waals surface area contributed by atoms with E-state index in [-0.39, 0.29) is 12.8 Å². The summed E-state index contributed by atoms with van der Waals surface area (Å²) in [5, 5.41) is 21.2. The average molecular weight is 593 g/mol. The van der Waals surface area contributed by atoms with E-state index in [4.69, 9.17) is 14.7 Å². The first-order chi connectivity index (χ1) is 21.0. The number of allylic oxidation sites excluding steroid dienone is 3. The Bertz CT molecular complexity index is 2020. The van der Waals surface area contributed by atoms with E-state index < -0.39 is 24.0 Å². The number of carbonyl (C=O) groups is 2. The van der Waals surface area contributed by atoms with Gasteiger partial charge in [-0.05, 0) is 92.1 Å². The van der Waals surface area contributed by atoms with Gasteiger partial charge in [-0.1, -0.05) is 19.6 Å². The maximum Gasteiger partial charge on any atom is 0.316 e. The topological polar surface area (TPSA) is 141 Å². The van der Waals surface area contributed by atoms with Crippen LogP contribution >= 0.6 is 0 Å². The predicted molar refractivity (Wildman–Crippen MR) is 173 cm³/mol. The fourth-order valence-electron chi connectivity index (χ4n) is 6.89. The van der Waals surface area contributed by atoms with Crippen LogP contribution in [0, 0.1) is 13.8 Å². The predicted octanol–water partition coefficient (Wildman–Crippen LogP) is 6.49. The monoisotopic (exact) mass is 592 g/mol. The summed E-state index contributed by atoms with van der Waals surface area (Å²) in [4.78, 5) is 42.1. The molecular formula is C35H36N4O5. The van der Waals surface area contributed by atoms with Crippen LogP contribution in [0.5, 0.6) is 0 Å². The third-order valence-electron chi connectivity index (χ3n) is 9.33. The number of carboxylic acids is 1. The molecule has 226 valence electrons. The van der Waals surface area contributed by atoms with Crippen molar-refractivity contribution >= 4 is 62.4 Å². The van der Waals surface area contributed by atoms with E-state index in [2.05, 4.69) is 36.5 Å². The Morgan fingerprint density at radius 2 is 1.59 bits per heavy atom. The number of rotatable bonds is 6. The number of esters is 1. The Hall–Kier alpha value is -4.76. The fraction of sp³-hybridized carbons (Fsp3) is 0.314. The van der Waals surface area contributed by atoms with Gasteiger partial charge in [-0.3, -0.25) is 9.59 Å². The lowest BCUT2D eigenvalue weighted by atomic mass is 9.92. The number of hydrogen-bond acceptors (Lipinski definition) is 6. The molecule has 2 atom stereocenters. The van der Waals surface area contributed by atoms with Crippen LogP contribution in [0.1, 0.15) is 90.1 Å². The molecule has 4 N–H and O–H groups in total. The number of ether oxygens (including phenoxy) is 1. The minimum Gasteiger partial charge on any atom is -0.481 e. The summed E-state index contributed by atoms with van der Waals surface area (Å²) in [7, 11) is 1.29. The summed E-state index contributed by atoms with van der Waals surface area (Å²) < 4.78 is 5.17. The summed E-state index contributed by atoms with van der Waals surface area (Å²) >= 11 is 0. The number of nitrogens with one attached hydrogen (secondary N) is 2. The second-order valence-corrected chi connectivity index (χ2v) is 11.6. The van der Waals surface area contributed by atoms with Crippen LogP contribution < -0.4 is 0 Å². The number of carboxylic acid groups (broad SMARTS) is 1. The van der Waals surface area contributed by atoms with Crippen molar-refractivity contribution in [2.75, 3.05) is 7.11 Å². The lowest BCUT2D eigenvalue weighted by Gasteiger charge is -2.16. The minimum atomic E-state index is -1.19. The number of hydrogen-bond donors (Lipinski definition) is 4. The Morgan fingerprint density at radius 3 is 2.25 bits per heavy atom. The SMILES string of the molecule is C=Cc1c(C)c2cc3nc(c4c5nc(cc6[nH]c(cc1[nH]2)c(C)c6CC)C(C)=C5[C@H](O)[C@@H]4C(=O)OC)C(CCC(=O)O)=C3C. The molecule has 0 saturated heterocycles. The van der Waals surface area contributed by atoms with E-state index in [0.29, 0.717) is 39.5 Å². The smallest absolute Gasteiger partial charge is 0.316 e. The first kappa shape index (κ1) is 29.3. The van der Waals surface area contributed by atoms with E-state index >= 15 is 0 Å². The van der Waals surface area contributed by atoms with Gasteiger partial charge in [0.05, 0.1) is 36.0 Å². The standard InChI is InChI=1S/C35H36N4O5/c1-8-19-15(3)22-12-24-17(5)21(10-11-28(40)41)32(38-24)30-31(35(43)44-7)34(42)29-18(6)25(39-33(29)30)14-27-20(9-2)16(4)23(37-27)13-26(19)36-22/h8,12-14,31,34,36-37,42H,1,9-11H2,2-7H3,(H,40,41)/t31-,34+/m1/s1. The van der Waals surface area contributed by atoms with Crippen molar-refractivity contribution in [1.29, 1.82) is 0 Å². The zero-order valence-electron chi connectivity index (χ0n) is 25.8. The number of methoxy groups -OCH3 is 1. The van der Waals surface area contributed by atoms with Crippen LogP contribution in [0.3, 0.4) is 0 Å². The number of aliphatic hydroxyl groups is 1. The second kappa shape index (κ2) is 10.7. The molecule has 0 fully saturated rings. The van der Waals surface area contributed by atoms with Gasteiger partial charge in [-0.2, -0.15) is 0 Å². The Morgan fingerprint density at radius 1 is 0.955 bits per heavy atom. The molecule has 3 aliphatic rings. The number of aryl methyl sites for hydroxylation is 3. The number of aliphatic hydroxyl groups excluding tert-OH is 1. The lowest BCUT2D eigenvalue weighted by Crippen LogP contribution is -2.24. The van der Waals surface area contributed by atoms with Crippen LogP contribution in [0.25, 0.3) is 50.4 Å². The lowest BCUT2D eigenvalue weighted by molar-refractivity contribution is -0.144. The van der Waals surface area contributed by atoms with Crippen molar-refractivity contribution in [1.82, 2.24) is 19.9 Å². The highest BCUT2D eigenvalue weighted by Crippen LogP contribution is 2.50. The van der Waals surface area contributed by atoms with Crippen molar-refractivity contribution in [3.8, 4) is 0 Å². The average Bonchev–Trinajstić information content (AvgIpc) is 3.72. The summed E-state index contributed by atoms with van der Waals surface area (Å²) in [5.74, 6) is -2.60. The molecule has 9 heteroatoms. The van der Waals surface area contributed by atoms with Gasteiger partial charge in [0.15, 0.2) is 0 Å². The van der Waals surface area contributed by atoms with Gasteiger partial charge in [0.25, 0.3) is 0 Å². The molecular weight excluding hydrogens is 556 g/mol. The van der Waals surface area contributed by atoms with E-state index in [1.54, 1.807) is 0 Å². The number of fused-ring (bicyclic) bond motifs is 8. The van der Waals surface area contributed by atoms with Crippen LogP contribution in [0.15, 0.2) is 24.8 Å². The Kier molecular flexibility index (Phi) is 7.16. The molecule has 3 aromatic heterocycles. The highest BCUT2D eigenvalue weighted by atomic mass is 16.5. The van der Waals surface area contributed by atoms with E-state index in [0.717, 1.165) is 61.9 Å². The number of H-pyrrole nitrogens is 2. The molecule has 8 bridgehead atoms. The molecule has 3 aromatic rings. The van der Waals surface area contributed by atoms with Gasteiger partial charge in [0.2, 0.25) is 0 Å². The van der Waals surface area contributed by atoms with E-state index in [1.807, 2.05) is 39.0 Å². The van der Waals surface area contributed by atoms with Gasteiger partial charge in [0, 0.05) is 45.2 Å². The van der Waals surface area contributed by atoms with Crippen LogP contribution in [0.2, 0.25) is 0 Å². The molecule has 1 aliphatic carbocycles. The maximum absolute atomic E-state index is 13.2. The van der Waals surface area contributed by atoms with Crippen LogP contribution in [0.4, 0.5) is 0 Å². The number of aromatic amines is 2. The van der Waals surface area contributed by atoms with Crippen LogP contribution in [-0.4, -0.2) is 55.3 Å². The molecule has 0 saturated carbocycles. The first-order valence-corrected chi connectivity index (χ1v) is 14.8. The molecule has 0 unspecified atom stereocenters. The number of aliphatic carboxylic acids is 1. The number of aromatic nitrogens is 4. The Balaban J connectivity index is 1.84. The summed E-state index contributed by atoms with van der Waals surface area (Å²) in [6, 6.07) is 6.03. The fourth-order valence-corrected chi connectivity index (χ4v) is 6.89. The molecule has 2 aliphatic heterocycles. The van der Waals surface area contributed by atoms with Crippen molar-refractivity contribution in [3.05, 3.63) is 75.4 Å². The van der Waals surface area contributed by atoms with Crippen LogP contribution in [-0.2, 0) is 20.7 Å². The van der Waals surface area contributed by atoms with Crippen molar-refractivity contribution in [3.63, 3.8) is 0 Å². The summed E-state index contributed by atoms with van der Waals surface area (Å²) in [5.41, 5.74) is 13.4. The Labute approximate surface area is 255 Å². The van der Waals surface area contributed by atoms with Gasteiger partial charge in [0.1, 0.15) is 5.92 Å². The highest BCUT2D eigenvalue weighted by Gasteiger charge is 2.47. The molecule has 0 amide bonds. The summed E-state index contributed by atoms with van der Waals surface area (Å²) in [6.45, 7) is 14.1.